The number of carboxylic acid groups (broad SMARTS) is 1. The van der Waals surface area contributed by atoms with Crippen molar-refractivity contribution < 1.29 is 14.7 Å². The minimum absolute atomic E-state index is 0.0790. The van der Waals surface area contributed by atoms with Crippen LogP contribution >= 0.6 is 0 Å². The summed E-state index contributed by atoms with van der Waals surface area (Å²) in [7, 11) is 1.71. The van der Waals surface area contributed by atoms with Crippen molar-refractivity contribution in [2.24, 2.45) is 0 Å². The normalized spacial score (nSPS) is 9.38. The molecule has 5 heteroatoms. The largest absolute Gasteiger partial charge is 0.465 e. The lowest BCUT2D eigenvalue weighted by Crippen LogP contribution is -2.30. The molecule has 0 bridgehead atoms. The molecule has 13 heavy (non-hydrogen) atoms. The quantitative estimate of drug-likeness (QED) is 0.618. The van der Waals surface area contributed by atoms with Crippen LogP contribution in [0.3, 0.4) is 0 Å². The second-order valence-corrected chi connectivity index (χ2v) is 2.75. The van der Waals surface area contributed by atoms with E-state index in [0.29, 0.717) is 25.9 Å². The lowest BCUT2D eigenvalue weighted by molar-refractivity contribution is -0.129. The number of nitrogens with one attached hydrogen (secondary N) is 1. The maximum absolute atomic E-state index is 11.0. The van der Waals surface area contributed by atoms with Gasteiger partial charge >= 0.3 is 6.09 Å². The van der Waals surface area contributed by atoms with Crippen LogP contribution in [-0.2, 0) is 4.79 Å². The first kappa shape index (κ1) is 11.7. The van der Waals surface area contributed by atoms with Crippen LogP contribution in [0.1, 0.15) is 19.8 Å². The highest BCUT2D eigenvalue weighted by atomic mass is 16.4. The molecule has 0 aromatic carbocycles. The van der Waals surface area contributed by atoms with Crippen LogP contribution in [0.2, 0.25) is 0 Å². The Hall–Kier alpha value is -1.26. The van der Waals surface area contributed by atoms with E-state index in [0.717, 1.165) is 0 Å². The van der Waals surface area contributed by atoms with Gasteiger partial charge in [0.25, 0.3) is 0 Å². The van der Waals surface area contributed by atoms with Crippen LogP contribution in [0.15, 0.2) is 0 Å². The molecule has 2 N–H and O–H groups in total. The van der Waals surface area contributed by atoms with Crippen molar-refractivity contribution >= 4 is 12.0 Å². The highest BCUT2D eigenvalue weighted by molar-refractivity contribution is 5.75. The molecule has 0 unspecified atom stereocenters. The van der Waals surface area contributed by atoms with Gasteiger partial charge in [-0.2, -0.15) is 0 Å². The van der Waals surface area contributed by atoms with E-state index < -0.39 is 6.09 Å². The predicted octanol–water partition coefficient (Wildman–Crippen LogP) is 0.513. The summed E-state index contributed by atoms with van der Waals surface area (Å²) >= 11 is 0. The van der Waals surface area contributed by atoms with Crippen molar-refractivity contribution in [1.29, 1.82) is 0 Å². The molecular weight excluding hydrogens is 172 g/mol. The summed E-state index contributed by atoms with van der Waals surface area (Å²) in [6.45, 7) is 2.78. The van der Waals surface area contributed by atoms with Crippen molar-refractivity contribution in [3.63, 3.8) is 0 Å². The second kappa shape index (κ2) is 6.28. The topological polar surface area (TPSA) is 69.6 Å². The Labute approximate surface area is 77.7 Å². The Morgan fingerprint density at radius 1 is 1.46 bits per heavy atom. The van der Waals surface area contributed by atoms with Gasteiger partial charge in [0.05, 0.1) is 0 Å². The van der Waals surface area contributed by atoms with Crippen molar-refractivity contribution in [1.82, 2.24) is 10.2 Å². The van der Waals surface area contributed by atoms with Crippen LogP contribution in [0.5, 0.6) is 0 Å². The van der Waals surface area contributed by atoms with Crippen molar-refractivity contribution in [3.8, 4) is 0 Å². The van der Waals surface area contributed by atoms with Crippen LogP contribution in [0, 0.1) is 0 Å². The van der Waals surface area contributed by atoms with Gasteiger partial charge in [0, 0.05) is 26.6 Å². The Bertz CT molecular complexity index is 182. The monoisotopic (exact) mass is 188 g/mol. The van der Waals surface area contributed by atoms with E-state index >= 15 is 0 Å². The number of carbonyl (C=O) groups excluding carboxylic acids is 1. The fourth-order valence-corrected chi connectivity index (χ4v) is 0.906. The minimum atomic E-state index is -1.02. The third kappa shape index (κ3) is 5.95. The maximum Gasteiger partial charge on any atom is 0.404 e. The van der Waals surface area contributed by atoms with Gasteiger partial charge in [0.2, 0.25) is 5.91 Å². The fraction of sp³-hybridized carbons (Fsp3) is 0.750. The first-order valence-corrected chi connectivity index (χ1v) is 4.28. The SMILES string of the molecule is CCC(=O)N(C)CCCNC(=O)O. The number of hydrogen-bond donors (Lipinski definition) is 2. The van der Waals surface area contributed by atoms with Gasteiger partial charge in [-0.25, -0.2) is 4.79 Å². The third-order valence-electron chi connectivity index (χ3n) is 1.67. The van der Waals surface area contributed by atoms with E-state index in [9.17, 15) is 9.59 Å². The summed E-state index contributed by atoms with van der Waals surface area (Å²) in [6, 6.07) is 0. The van der Waals surface area contributed by atoms with Crippen LogP contribution in [-0.4, -0.2) is 42.1 Å². The molecule has 0 radical (unpaired) electrons. The number of amides is 2. The summed E-state index contributed by atoms with van der Waals surface area (Å²) in [5.74, 6) is 0.0790. The van der Waals surface area contributed by atoms with Gasteiger partial charge in [-0.3, -0.25) is 4.79 Å². The zero-order valence-corrected chi connectivity index (χ0v) is 8.04. The molecule has 0 atom stereocenters. The van der Waals surface area contributed by atoms with E-state index in [-0.39, 0.29) is 5.91 Å². The number of hydrogen-bond acceptors (Lipinski definition) is 2. The van der Waals surface area contributed by atoms with Gasteiger partial charge < -0.3 is 15.3 Å². The average molecular weight is 188 g/mol. The molecule has 2 amide bonds. The first-order valence-electron chi connectivity index (χ1n) is 4.28. The van der Waals surface area contributed by atoms with Gasteiger partial charge in [-0.1, -0.05) is 6.92 Å². The maximum atomic E-state index is 11.0. The Morgan fingerprint density at radius 2 is 2.08 bits per heavy atom. The molecule has 76 valence electrons. The third-order valence-corrected chi connectivity index (χ3v) is 1.67. The average Bonchev–Trinajstić information content (AvgIpc) is 2.10. The van der Waals surface area contributed by atoms with Crippen LogP contribution in [0.4, 0.5) is 4.79 Å². The van der Waals surface area contributed by atoms with Crippen molar-refractivity contribution in [2.45, 2.75) is 19.8 Å². The van der Waals surface area contributed by atoms with E-state index in [1.807, 2.05) is 0 Å². The first-order chi connectivity index (χ1) is 6.07. The number of rotatable bonds is 5. The summed E-state index contributed by atoms with van der Waals surface area (Å²) in [6.07, 6.45) is 0.113. The Morgan fingerprint density at radius 3 is 2.54 bits per heavy atom. The molecule has 0 aromatic rings. The summed E-state index contributed by atoms with van der Waals surface area (Å²) in [4.78, 5) is 22.7. The fourth-order valence-electron chi connectivity index (χ4n) is 0.906. The molecule has 0 heterocycles. The Balaban J connectivity index is 3.42. The summed E-state index contributed by atoms with van der Waals surface area (Å²) in [5, 5.41) is 10.5. The van der Waals surface area contributed by atoms with E-state index in [1.165, 1.54) is 0 Å². The predicted molar refractivity (Wildman–Crippen MR) is 48.6 cm³/mol. The van der Waals surface area contributed by atoms with E-state index in [1.54, 1.807) is 18.9 Å². The second-order valence-electron chi connectivity index (χ2n) is 2.75. The molecule has 0 rings (SSSR count). The molecule has 0 aliphatic heterocycles. The van der Waals surface area contributed by atoms with Crippen molar-refractivity contribution in [2.75, 3.05) is 20.1 Å². The Kier molecular flexibility index (Phi) is 5.67. The molecule has 0 fully saturated rings. The molecule has 5 nitrogen and oxygen atoms in total. The van der Waals surface area contributed by atoms with Gasteiger partial charge in [0.1, 0.15) is 0 Å². The molecular formula is C8H16N2O3. The molecule has 0 saturated heterocycles. The summed E-state index contributed by atoms with van der Waals surface area (Å²) in [5.41, 5.74) is 0. The highest BCUT2D eigenvalue weighted by Crippen LogP contribution is 1.91. The molecule has 0 spiro atoms. The molecule has 0 aromatic heterocycles. The van der Waals surface area contributed by atoms with Crippen molar-refractivity contribution in [3.05, 3.63) is 0 Å². The lowest BCUT2D eigenvalue weighted by Gasteiger charge is -2.15. The molecule has 0 saturated carbocycles. The van der Waals surface area contributed by atoms with E-state index in [4.69, 9.17) is 5.11 Å². The summed E-state index contributed by atoms with van der Waals surface area (Å²) < 4.78 is 0. The molecule has 0 aliphatic carbocycles. The zero-order chi connectivity index (χ0) is 10.3. The lowest BCUT2D eigenvalue weighted by atomic mass is 10.3. The van der Waals surface area contributed by atoms with Gasteiger partial charge in [0.15, 0.2) is 0 Å². The highest BCUT2D eigenvalue weighted by Gasteiger charge is 2.04. The van der Waals surface area contributed by atoms with Gasteiger partial charge in [-0.15, -0.1) is 0 Å². The van der Waals surface area contributed by atoms with E-state index in [2.05, 4.69) is 5.32 Å². The van der Waals surface area contributed by atoms with Crippen LogP contribution < -0.4 is 5.32 Å². The molecule has 0 aliphatic rings. The zero-order valence-electron chi connectivity index (χ0n) is 8.04. The van der Waals surface area contributed by atoms with Gasteiger partial charge in [-0.05, 0) is 6.42 Å². The smallest absolute Gasteiger partial charge is 0.404 e. The standard InChI is InChI=1S/C8H16N2O3/c1-3-7(11)10(2)6-4-5-9-8(12)13/h9H,3-6H2,1-2H3,(H,12,13). The number of nitrogens with zero attached hydrogens (tertiary/aromatic N) is 1. The number of carbonyl (C=O) groups is 2. The minimum Gasteiger partial charge on any atom is -0.465 e. The van der Waals surface area contributed by atoms with Crippen LogP contribution in [0.25, 0.3) is 0 Å².